The van der Waals surface area contributed by atoms with Crippen molar-refractivity contribution in [1.82, 2.24) is 15.2 Å². The van der Waals surface area contributed by atoms with Crippen molar-refractivity contribution in [3.63, 3.8) is 0 Å². The molecule has 8 nitrogen and oxygen atoms in total. The predicted molar refractivity (Wildman–Crippen MR) is 80.2 cm³/mol. The third-order valence-electron chi connectivity index (χ3n) is 3.46. The van der Waals surface area contributed by atoms with Crippen LogP contribution in [0.5, 0.6) is 5.75 Å². The van der Waals surface area contributed by atoms with E-state index in [9.17, 15) is 9.59 Å². The molecule has 120 valence electrons. The van der Waals surface area contributed by atoms with E-state index in [1.807, 2.05) is 6.07 Å². The van der Waals surface area contributed by atoms with Crippen molar-refractivity contribution in [2.45, 2.75) is 6.42 Å². The highest BCUT2D eigenvalue weighted by molar-refractivity contribution is 5.75. The first kappa shape index (κ1) is 15.9. The largest absolute Gasteiger partial charge is 0.497 e. The number of nitrogens with zero attached hydrogens (tertiary/aromatic N) is 3. The van der Waals surface area contributed by atoms with Crippen LogP contribution >= 0.6 is 0 Å². The molecule has 1 fully saturated rings. The normalized spacial score (nSPS) is 14.6. The standard InChI is InChI=1S/C14H20N4O4/c1-22-11-2-4-15-12(10-11)17-6-8-18(9-7-17)14(21)16-5-3-13(19)20/h2,4,10H,3,5-9H2,1H3,(H,16,21)(H,19,20). The third kappa shape index (κ3) is 4.24. The van der Waals surface area contributed by atoms with Gasteiger partial charge in [-0.2, -0.15) is 0 Å². The molecule has 2 heterocycles. The number of urea groups is 1. The molecule has 8 heteroatoms. The van der Waals surface area contributed by atoms with Crippen molar-refractivity contribution in [2.75, 3.05) is 44.7 Å². The number of carboxylic acid groups (broad SMARTS) is 1. The Morgan fingerprint density at radius 3 is 2.73 bits per heavy atom. The molecule has 0 saturated carbocycles. The number of pyridine rings is 1. The second-order valence-corrected chi connectivity index (χ2v) is 4.90. The number of ether oxygens (including phenoxy) is 1. The van der Waals surface area contributed by atoms with Crippen LogP contribution in [0.3, 0.4) is 0 Å². The van der Waals surface area contributed by atoms with Gasteiger partial charge in [-0.25, -0.2) is 9.78 Å². The molecule has 1 saturated heterocycles. The Balaban J connectivity index is 1.82. The van der Waals surface area contributed by atoms with Gasteiger partial charge in [0.25, 0.3) is 0 Å². The van der Waals surface area contributed by atoms with Gasteiger partial charge in [-0.1, -0.05) is 0 Å². The number of hydrogen-bond acceptors (Lipinski definition) is 5. The number of aliphatic carboxylic acids is 1. The van der Waals surface area contributed by atoms with Gasteiger partial charge >= 0.3 is 12.0 Å². The van der Waals surface area contributed by atoms with E-state index in [-0.39, 0.29) is 19.0 Å². The maximum absolute atomic E-state index is 11.9. The maximum atomic E-state index is 11.9. The van der Waals surface area contributed by atoms with Crippen LogP contribution in [-0.4, -0.2) is 66.8 Å². The summed E-state index contributed by atoms with van der Waals surface area (Å²) in [4.78, 5) is 30.4. The zero-order valence-electron chi connectivity index (χ0n) is 12.5. The lowest BCUT2D eigenvalue weighted by molar-refractivity contribution is -0.136. The Morgan fingerprint density at radius 1 is 1.36 bits per heavy atom. The lowest BCUT2D eigenvalue weighted by Gasteiger charge is -2.35. The van der Waals surface area contributed by atoms with Crippen LogP contribution in [0.1, 0.15) is 6.42 Å². The van der Waals surface area contributed by atoms with Gasteiger partial charge < -0.3 is 25.0 Å². The second-order valence-electron chi connectivity index (χ2n) is 4.90. The van der Waals surface area contributed by atoms with Gasteiger partial charge in [0, 0.05) is 45.0 Å². The summed E-state index contributed by atoms with van der Waals surface area (Å²) in [6.45, 7) is 2.63. The van der Waals surface area contributed by atoms with Gasteiger partial charge in [0.15, 0.2) is 0 Å². The van der Waals surface area contributed by atoms with Crippen LogP contribution in [0, 0.1) is 0 Å². The summed E-state index contributed by atoms with van der Waals surface area (Å²) in [6, 6.07) is 3.43. The van der Waals surface area contributed by atoms with Crippen LogP contribution in [0.2, 0.25) is 0 Å². The average molecular weight is 308 g/mol. The first-order valence-electron chi connectivity index (χ1n) is 7.09. The van der Waals surface area contributed by atoms with Gasteiger partial charge in [0.05, 0.1) is 13.5 Å². The highest BCUT2D eigenvalue weighted by Gasteiger charge is 2.21. The minimum Gasteiger partial charge on any atom is -0.497 e. The molecule has 1 aromatic rings. The fourth-order valence-corrected chi connectivity index (χ4v) is 2.23. The zero-order chi connectivity index (χ0) is 15.9. The number of nitrogens with one attached hydrogen (secondary N) is 1. The number of amides is 2. The van der Waals surface area contributed by atoms with Crippen LogP contribution in [0.4, 0.5) is 10.6 Å². The summed E-state index contributed by atoms with van der Waals surface area (Å²) in [5.41, 5.74) is 0. The number of carbonyl (C=O) groups excluding carboxylic acids is 1. The molecule has 1 aliphatic heterocycles. The Morgan fingerprint density at radius 2 is 2.09 bits per heavy atom. The van der Waals surface area contributed by atoms with E-state index in [4.69, 9.17) is 9.84 Å². The molecule has 1 aromatic heterocycles. The van der Waals surface area contributed by atoms with Crippen molar-refractivity contribution < 1.29 is 19.4 Å². The molecule has 0 unspecified atom stereocenters. The second kappa shape index (κ2) is 7.48. The molecular weight excluding hydrogens is 288 g/mol. The summed E-state index contributed by atoms with van der Waals surface area (Å²) < 4.78 is 5.18. The number of methoxy groups -OCH3 is 1. The monoisotopic (exact) mass is 308 g/mol. The first-order valence-corrected chi connectivity index (χ1v) is 7.09. The number of carbonyl (C=O) groups is 2. The summed E-state index contributed by atoms with van der Waals surface area (Å²) in [7, 11) is 1.61. The van der Waals surface area contributed by atoms with Crippen molar-refractivity contribution in [3.05, 3.63) is 18.3 Å². The van der Waals surface area contributed by atoms with E-state index in [1.165, 1.54) is 0 Å². The van der Waals surface area contributed by atoms with Crippen molar-refractivity contribution in [3.8, 4) is 5.75 Å². The van der Waals surface area contributed by atoms with Gasteiger partial charge in [0.1, 0.15) is 11.6 Å². The maximum Gasteiger partial charge on any atom is 0.317 e. The molecule has 0 atom stereocenters. The molecule has 0 bridgehead atoms. The van der Waals surface area contributed by atoms with E-state index in [0.717, 1.165) is 11.6 Å². The fraction of sp³-hybridized carbons (Fsp3) is 0.500. The van der Waals surface area contributed by atoms with Gasteiger partial charge in [-0.3, -0.25) is 4.79 Å². The summed E-state index contributed by atoms with van der Waals surface area (Å²) in [6.07, 6.45) is 1.62. The minimum atomic E-state index is -0.922. The van der Waals surface area contributed by atoms with E-state index in [1.54, 1.807) is 24.3 Å². The quantitative estimate of drug-likeness (QED) is 0.817. The fourth-order valence-electron chi connectivity index (χ4n) is 2.23. The SMILES string of the molecule is COc1ccnc(N2CCN(C(=O)NCCC(=O)O)CC2)c1. The van der Waals surface area contributed by atoms with E-state index >= 15 is 0 Å². The molecule has 0 aromatic carbocycles. The van der Waals surface area contributed by atoms with E-state index in [2.05, 4.69) is 15.2 Å². The third-order valence-corrected chi connectivity index (χ3v) is 3.46. The highest BCUT2D eigenvalue weighted by atomic mass is 16.5. The Hall–Kier alpha value is -2.51. The lowest BCUT2D eigenvalue weighted by atomic mass is 10.3. The van der Waals surface area contributed by atoms with Crippen LogP contribution in [0.15, 0.2) is 18.3 Å². The van der Waals surface area contributed by atoms with Crippen LogP contribution < -0.4 is 15.0 Å². The van der Waals surface area contributed by atoms with Crippen molar-refractivity contribution in [2.24, 2.45) is 0 Å². The first-order chi connectivity index (χ1) is 10.6. The van der Waals surface area contributed by atoms with Crippen molar-refractivity contribution >= 4 is 17.8 Å². The van der Waals surface area contributed by atoms with Gasteiger partial charge in [-0.15, -0.1) is 0 Å². The minimum absolute atomic E-state index is 0.0700. The summed E-state index contributed by atoms with van der Waals surface area (Å²) in [5.74, 6) is 0.651. The number of hydrogen-bond donors (Lipinski definition) is 2. The highest BCUT2D eigenvalue weighted by Crippen LogP contribution is 2.19. The summed E-state index contributed by atoms with van der Waals surface area (Å²) in [5, 5.41) is 11.2. The molecule has 22 heavy (non-hydrogen) atoms. The number of aromatic nitrogens is 1. The number of anilines is 1. The molecule has 2 N–H and O–H groups in total. The Labute approximate surface area is 128 Å². The molecule has 0 aliphatic carbocycles. The average Bonchev–Trinajstić information content (AvgIpc) is 2.54. The van der Waals surface area contributed by atoms with E-state index in [0.29, 0.717) is 26.2 Å². The van der Waals surface area contributed by atoms with E-state index < -0.39 is 5.97 Å². The van der Waals surface area contributed by atoms with Crippen LogP contribution in [0.25, 0.3) is 0 Å². The molecule has 2 rings (SSSR count). The molecular formula is C14H20N4O4. The van der Waals surface area contributed by atoms with Crippen LogP contribution in [-0.2, 0) is 4.79 Å². The lowest BCUT2D eigenvalue weighted by Crippen LogP contribution is -2.52. The zero-order valence-corrected chi connectivity index (χ0v) is 12.5. The molecule has 0 radical (unpaired) electrons. The Bertz CT molecular complexity index is 529. The van der Waals surface area contributed by atoms with Gasteiger partial charge in [0.2, 0.25) is 0 Å². The molecule has 0 spiro atoms. The molecule has 1 aliphatic rings. The van der Waals surface area contributed by atoms with Crippen molar-refractivity contribution in [1.29, 1.82) is 0 Å². The number of piperazine rings is 1. The number of carboxylic acids is 1. The smallest absolute Gasteiger partial charge is 0.317 e. The topological polar surface area (TPSA) is 95.0 Å². The van der Waals surface area contributed by atoms with Gasteiger partial charge in [-0.05, 0) is 6.07 Å². The summed E-state index contributed by atoms with van der Waals surface area (Å²) >= 11 is 0. The molecule has 2 amide bonds. The Kier molecular flexibility index (Phi) is 5.40. The predicted octanol–water partition coefficient (Wildman–Crippen LogP) is 0.397. The number of rotatable bonds is 5.